The molecule has 3 aromatic rings. The molecule has 1 aliphatic carbocycles. The van der Waals surface area contributed by atoms with Crippen molar-refractivity contribution in [3.05, 3.63) is 77.4 Å². The zero-order valence-corrected chi connectivity index (χ0v) is 20.1. The number of carbonyl (C=O) groups is 1. The maximum Gasteiger partial charge on any atom is 0.416 e. The van der Waals surface area contributed by atoms with Crippen molar-refractivity contribution in [3.63, 3.8) is 0 Å². The number of rotatable bonds is 7. The molecule has 1 aliphatic heterocycles. The molecule has 1 N–H and O–H groups in total. The lowest BCUT2D eigenvalue weighted by molar-refractivity contribution is -0.137. The van der Waals surface area contributed by atoms with Gasteiger partial charge in [-0.2, -0.15) is 13.2 Å². The van der Waals surface area contributed by atoms with Crippen molar-refractivity contribution in [1.29, 1.82) is 0 Å². The summed E-state index contributed by atoms with van der Waals surface area (Å²) in [5.41, 5.74) is 1.59. The van der Waals surface area contributed by atoms with Crippen LogP contribution >= 0.6 is 0 Å². The molecule has 0 spiro atoms. The summed E-state index contributed by atoms with van der Waals surface area (Å²) in [4.78, 5) is 14.8. The maximum absolute atomic E-state index is 13.0. The zero-order valence-electron chi connectivity index (χ0n) is 19.3. The summed E-state index contributed by atoms with van der Waals surface area (Å²) in [6.07, 6.45) is -2.22. The Morgan fingerprint density at radius 3 is 2.36 bits per heavy atom. The van der Waals surface area contributed by atoms with E-state index in [1.54, 1.807) is 12.1 Å². The Balaban J connectivity index is 1.53. The van der Waals surface area contributed by atoms with Crippen LogP contribution in [0.3, 0.4) is 0 Å². The second-order valence-corrected chi connectivity index (χ2v) is 10.9. The summed E-state index contributed by atoms with van der Waals surface area (Å²) in [5, 5.41) is 0. The van der Waals surface area contributed by atoms with Gasteiger partial charge in [-0.15, -0.1) is 0 Å². The molecule has 1 saturated carbocycles. The van der Waals surface area contributed by atoms with Gasteiger partial charge in [-0.05, 0) is 85.5 Å². The van der Waals surface area contributed by atoms with Crippen LogP contribution < -0.4 is 9.46 Å². The van der Waals surface area contributed by atoms with Crippen LogP contribution in [0.15, 0.2) is 65.6 Å². The fourth-order valence-corrected chi connectivity index (χ4v) is 4.99. The van der Waals surface area contributed by atoms with Gasteiger partial charge in [0, 0.05) is 24.2 Å². The Hall–Kier alpha value is -3.37. The number of alkyl halides is 3. The lowest BCUT2D eigenvalue weighted by atomic mass is 9.99. The van der Waals surface area contributed by atoms with Crippen LogP contribution in [0.5, 0.6) is 11.5 Å². The molecule has 0 radical (unpaired) electrons. The lowest BCUT2D eigenvalue weighted by Gasteiger charge is -2.15. The van der Waals surface area contributed by atoms with E-state index in [1.165, 1.54) is 37.4 Å². The van der Waals surface area contributed by atoms with Gasteiger partial charge in [0.05, 0.1) is 10.5 Å². The minimum absolute atomic E-state index is 0.0121. The molecule has 1 amide bonds. The summed E-state index contributed by atoms with van der Waals surface area (Å²) in [6, 6.07) is 13.8. The molecule has 3 aromatic carbocycles. The third kappa shape index (κ3) is 4.83. The van der Waals surface area contributed by atoms with Gasteiger partial charge in [-0.25, -0.2) is 13.1 Å². The Morgan fingerprint density at radius 1 is 1.00 bits per heavy atom. The highest BCUT2D eigenvalue weighted by atomic mass is 32.2. The number of carbonyl (C=O) groups excluding carboxylic acids is 1. The third-order valence-electron chi connectivity index (χ3n) is 6.41. The molecule has 0 atom stereocenters. The smallest absolute Gasteiger partial charge is 0.416 e. The number of sulfonamides is 1. The number of hydrogen-bond acceptors (Lipinski definition) is 4. The Morgan fingerprint density at radius 2 is 1.72 bits per heavy atom. The summed E-state index contributed by atoms with van der Waals surface area (Å²) in [7, 11) is -2.49. The number of halogens is 3. The molecule has 1 heterocycles. The van der Waals surface area contributed by atoms with Gasteiger partial charge in [-0.3, -0.25) is 4.79 Å². The van der Waals surface area contributed by atoms with Crippen molar-refractivity contribution in [2.45, 2.75) is 30.5 Å². The van der Waals surface area contributed by atoms with Crippen molar-refractivity contribution < 1.29 is 31.1 Å². The van der Waals surface area contributed by atoms with E-state index in [9.17, 15) is 26.4 Å². The Bertz CT molecular complexity index is 1430. The van der Waals surface area contributed by atoms with E-state index in [1.807, 2.05) is 11.0 Å². The highest BCUT2D eigenvalue weighted by molar-refractivity contribution is 7.89. The SMILES string of the molecule is CNS(=O)(=O)c1ccc(Oc2ccc(C(F)(F)F)cc2)c(-c2ccc3c(c2)C(=O)N(CC2CC2)C3)c1. The van der Waals surface area contributed by atoms with E-state index < -0.39 is 21.8 Å². The quantitative estimate of drug-likeness (QED) is 0.454. The number of ether oxygens (including phenoxy) is 1. The highest BCUT2D eigenvalue weighted by Crippen LogP contribution is 2.39. The molecular formula is C26H23F3N2O4S. The first kappa shape index (κ1) is 24.3. The molecular weight excluding hydrogens is 493 g/mol. The van der Waals surface area contributed by atoms with Crippen LogP contribution in [0.4, 0.5) is 13.2 Å². The number of hydrogen-bond donors (Lipinski definition) is 1. The normalized spacial score (nSPS) is 15.8. The van der Waals surface area contributed by atoms with Crippen LogP contribution in [0.25, 0.3) is 11.1 Å². The van der Waals surface area contributed by atoms with Gasteiger partial charge in [-0.1, -0.05) is 12.1 Å². The standard InChI is InChI=1S/C26H23F3N2O4S/c1-30-36(33,34)21-10-11-24(35-20-8-6-19(7-9-20)26(27,28)29)22(13-21)17-4-5-18-15-31(14-16-2-3-16)25(32)23(18)12-17/h4-13,16,30H,2-3,14-15H2,1H3. The molecule has 10 heteroatoms. The van der Waals surface area contributed by atoms with Gasteiger partial charge in [0.2, 0.25) is 10.0 Å². The van der Waals surface area contributed by atoms with Crippen molar-refractivity contribution >= 4 is 15.9 Å². The number of nitrogens with zero attached hydrogens (tertiary/aromatic N) is 1. The van der Waals surface area contributed by atoms with E-state index in [-0.39, 0.29) is 22.3 Å². The lowest BCUT2D eigenvalue weighted by Crippen LogP contribution is -2.26. The zero-order chi connectivity index (χ0) is 25.7. The van der Waals surface area contributed by atoms with Gasteiger partial charge in [0.15, 0.2) is 0 Å². The monoisotopic (exact) mass is 516 g/mol. The summed E-state index contributed by atoms with van der Waals surface area (Å²) < 4.78 is 71.9. The molecule has 0 aromatic heterocycles. The van der Waals surface area contributed by atoms with Crippen molar-refractivity contribution in [2.75, 3.05) is 13.6 Å². The summed E-state index contributed by atoms with van der Waals surface area (Å²) in [6.45, 7) is 1.26. The van der Waals surface area contributed by atoms with E-state index in [0.717, 1.165) is 37.1 Å². The summed E-state index contributed by atoms with van der Waals surface area (Å²) >= 11 is 0. The fraction of sp³-hybridized carbons (Fsp3) is 0.269. The molecule has 5 rings (SSSR count). The molecule has 6 nitrogen and oxygen atoms in total. The largest absolute Gasteiger partial charge is 0.457 e. The average molecular weight is 517 g/mol. The highest BCUT2D eigenvalue weighted by Gasteiger charge is 2.33. The number of amides is 1. The number of nitrogens with one attached hydrogen (secondary N) is 1. The second kappa shape index (κ2) is 8.94. The number of fused-ring (bicyclic) bond motifs is 1. The van der Waals surface area contributed by atoms with Crippen molar-refractivity contribution in [1.82, 2.24) is 9.62 Å². The predicted molar refractivity (Wildman–Crippen MR) is 127 cm³/mol. The average Bonchev–Trinajstić information content (AvgIpc) is 3.62. The molecule has 0 unspecified atom stereocenters. The molecule has 36 heavy (non-hydrogen) atoms. The first-order chi connectivity index (χ1) is 17.0. The third-order valence-corrected chi connectivity index (χ3v) is 7.83. The topological polar surface area (TPSA) is 75.7 Å². The van der Waals surface area contributed by atoms with Crippen molar-refractivity contribution in [3.8, 4) is 22.6 Å². The molecule has 0 saturated heterocycles. The first-order valence-electron chi connectivity index (χ1n) is 11.4. The van der Waals surface area contributed by atoms with Crippen LogP contribution in [0.2, 0.25) is 0 Å². The van der Waals surface area contributed by atoms with Gasteiger partial charge >= 0.3 is 6.18 Å². The first-order valence-corrected chi connectivity index (χ1v) is 12.9. The maximum atomic E-state index is 13.0. The van der Waals surface area contributed by atoms with E-state index in [4.69, 9.17) is 4.74 Å². The molecule has 2 aliphatic rings. The van der Waals surface area contributed by atoms with Crippen LogP contribution in [-0.4, -0.2) is 32.8 Å². The number of benzene rings is 3. The van der Waals surface area contributed by atoms with Gasteiger partial charge < -0.3 is 9.64 Å². The van der Waals surface area contributed by atoms with Crippen molar-refractivity contribution in [2.24, 2.45) is 5.92 Å². The second-order valence-electron chi connectivity index (χ2n) is 8.99. The van der Waals surface area contributed by atoms with E-state index in [0.29, 0.717) is 29.2 Å². The molecule has 1 fully saturated rings. The van der Waals surface area contributed by atoms with Crippen LogP contribution in [-0.2, 0) is 22.7 Å². The van der Waals surface area contributed by atoms with Gasteiger partial charge in [0.25, 0.3) is 5.91 Å². The van der Waals surface area contributed by atoms with Crippen LogP contribution in [0, 0.1) is 5.92 Å². The molecule has 0 bridgehead atoms. The summed E-state index contributed by atoms with van der Waals surface area (Å²) in [5.74, 6) is 0.879. The van der Waals surface area contributed by atoms with E-state index in [2.05, 4.69) is 4.72 Å². The Labute approximate surface area is 206 Å². The van der Waals surface area contributed by atoms with Gasteiger partial charge in [0.1, 0.15) is 11.5 Å². The minimum Gasteiger partial charge on any atom is -0.457 e. The predicted octanol–water partition coefficient (Wildman–Crippen LogP) is 5.44. The van der Waals surface area contributed by atoms with Crippen LogP contribution in [0.1, 0.15) is 34.3 Å². The molecule has 188 valence electrons. The minimum atomic E-state index is -4.48. The van der Waals surface area contributed by atoms with E-state index >= 15 is 0 Å². The Kier molecular flexibility index (Phi) is 6.04. The fourth-order valence-electron chi connectivity index (χ4n) is 4.24.